The number of Topliss-reactive ketones (excluding diaryl/α,β-unsaturated/α-hetero) is 1. The molecule has 1 N–H and O–H groups in total. The lowest BCUT2D eigenvalue weighted by atomic mass is 9.85. The van der Waals surface area contributed by atoms with Gasteiger partial charge in [0.15, 0.2) is 5.54 Å². The Kier molecular flexibility index (Phi) is 3.88. The number of ketones is 1. The summed E-state index contributed by atoms with van der Waals surface area (Å²) < 4.78 is 5.10. The molecule has 0 bridgehead atoms. The van der Waals surface area contributed by atoms with Gasteiger partial charge in [-0.3, -0.25) is 4.79 Å². The molecule has 0 saturated carbocycles. The topological polar surface area (TPSA) is 72.5 Å². The van der Waals surface area contributed by atoms with Gasteiger partial charge in [-0.1, -0.05) is 18.2 Å². The minimum atomic E-state index is -1.24. The van der Waals surface area contributed by atoms with E-state index in [1.807, 2.05) is 0 Å². The number of hydrogen-bond donors (Lipinski definition) is 1. The lowest BCUT2D eigenvalue weighted by molar-refractivity contribution is -0.151. The molecule has 0 spiro atoms. The number of carbonyl (C=O) groups excluding carboxylic acids is 3. The molecule has 2 rings (SSSR count). The maximum Gasteiger partial charge on any atom is 0.336 e. The van der Waals surface area contributed by atoms with Gasteiger partial charge in [0, 0.05) is 17.5 Å². The summed E-state index contributed by atoms with van der Waals surface area (Å²) in [5.41, 5.74) is -0.191. The van der Waals surface area contributed by atoms with E-state index in [0.717, 1.165) is 0 Å². The Balaban J connectivity index is 2.46. The first-order valence-corrected chi connectivity index (χ1v) is 6.60. The lowest BCUT2D eigenvalue weighted by Gasteiger charge is -2.27. The van der Waals surface area contributed by atoms with Crippen molar-refractivity contribution in [1.82, 2.24) is 5.32 Å². The van der Waals surface area contributed by atoms with Gasteiger partial charge in [0.1, 0.15) is 5.78 Å². The van der Waals surface area contributed by atoms with Crippen LogP contribution in [-0.4, -0.2) is 24.3 Å². The Bertz CT molecular complexity index is 567. The van der Waals surface area contributed by atoms with Gasteiger partial charge in [0.05, 0.1) is 6.61 Å². The van der Waals surface area contributed by atoms with Crippen molar-refractivity contribution >= 4 is 17.7 Å². The highest BCUT2D eigenvalue weighted by Gasteiger charge is 2.49. The molecule has 1 unspecified atom stereocenters. The number of benzene rings is 1. The smallest absolute Gasteiger partial charge is 0.336 e. The van der Waals surface area contributed by atoms with Crippen molar-refractivity contribution in [2.24, 2.45) is 0 Å². The molecule has 1 aliphatic rings. The number of carbonyl (C=O) groups is 3. The minimum absolute atomic E-state index is 0.0349. The summed E-state index contributed by atoms with van der Waals surface area (Å²) in [5, 5.41) is 2.71. The third-order valence-corrected chi connectivity index (χ3v) is 3.43. The standard InChI is InChI=1S/C15H17NO4/c1-3-20-14(19)15(9-8-10(2)17)12-7-5-4-6-11(12)13(18)16-15/h4-7H,3,8-9H2,1-2H3,(H,16,18). The summed E-state index contributed by atoms with van der Waals surface area (Å²) >= 11 is 0. The van der Waals surface area contributed by atoms with Gasteiger partial charge >= 0.3 is 5.97 Å². The summed E-state index contributed by atoms with van der Waals surface area (Å²) in [6.07, 6.45) is 0.414. The second-order valence-corrected chi connectivity index (χ2v) is 4.83. The second-order valence-electron chi connectivity index (χ2n) is 4.83. The maximum atomic E-state index is 12.3. The van der Waals surface area contributed by atoms with E-state index in [0.29, 0.717) is 11.1 Å². The highest BCUT2D eigenvalue weighted by molar-refractivity contribution is 6.06. The van der Waals surface area contributed by atoms with Crippen LogP contribution in [0.15, 0.2) is 24.3 Å². The van der Waals surface area contributed by atoms with Crippen LogP contribution in [-0.2, 0) is 19.9 Å². The number of fused-ring (bicyclic) bond motifs is 1. The van der Waals surface area contributed by atoms with Crippen molar-refractivity contribution < 1.29 is 19.1 Å². The number of ether oxygens (including phenoxy) is 1. The fourth-order valence-corrected chi connectivity index (χ4v) is 2.46. The van der Waals surface area contributed by atoms with Crippen molar-refractivity contribution in [2.45, 2.75) is 32.2 Å². The van der Waals surface area contributed by atoms with Gasteiger partial charge in [-0.15, -0.1) is 0 Å². The van der Waals surface area contributed by atoms with Crippen molar-refractivity contribution in [2.75, 3.05) is 6.61 Å². The summed E-state index contributed by atoms with van der Waals surface area (Å²) in [6, 6.07) is 6.90. The van der Waals surface area contributed by atoms with Gasteiger partial charge < -0.3 is 14.8 Å². The molecular formula is C15H17NO4. The Morgan fingerprint density at radius 2 is 2.00 bits per heavy atom. The van der Waals surface area contributed by atoms with E-state index in [2.05, 4.69) is 5.32 Å². The predicted octanol–water partition coefficient (Wildman–Crippen LogP) is 1.56. The van der Waals surface area contributed by atoms with Gasteiger partial charge in [0.2, 0.25) is 0 Å². The maximum absolute atomic E-state index is 12.3. The van der Waals surface area contributed by atoms with Gasteiger partial charge in [-0.2, -0.15) is 0 Å². The van der Waals surface area contributed by atoms with Crippen molar-refractivity contribution in [3.63, 3.8) is 0 Å². The van der Waals surface area contributed by atoms with E-state index in [4.69, 9.17) is 4.74 Å². The molecule has 0 aliphatic carbocycles. The molecule has 1 atom stereocenters. The lowest BCUT2D eigenvalue weighted by Crippen LogP contribution is -2.48. The second kappa shape index (κ2) is 5.45. The molecule has 0 saturated heterocycles. The van der Waals surface area contributed by atoms with Crippen LogP contribution in [0, 0.1) is 0 Å². The first kappa shape index (κ1) is 14.2. The summed E-state index contributed by atoms with van der Waals surface area (Å²) in [4.78, 5) is 35.6. The molecule has 0 aromatic heterocycles. The Labute approximate surface area is 117 Å². The van der Waals surface area contributed by atoms with Crippen molar-refractivity contribution in [3.8, 4) is 0 Å². The SMILES string of the molecule is CCOC(=O)C1(CCC(C)=O)NC(=O)c2ccccc21. The van der Waals surface area contributed by atoms with E-state index in [9.17, 15) is 14.4 Å². The third kappa shape index (κ3) is 2.31. The van der Waals surface area contributed by atoms with E-state index in [1.54, 1.807) is 31.2 Å². The molecule has 1 amide bonds. The highest BCUT2D eigenvalue weighted by atomic mass is 16.5. The van der Waals surface area contributed by atoms with Crippen LogP contribution in [0.5, 0.6) is 0 Å². The van der Waals surface area contributed by atoms with Crippen LogP contribution in [0.2, 0.25) is 0 Å². The van der Waals surface area contributed by atoms with Crippen LogP contribution in [0.3, 0.4) is 0 Å². The molecule has 1 aromatic carbocycles. The number of rotatable bonds is 5. The van der Waals surface area contributed by atoms with Crippen LogP contribution < -0.4 is 5.32 Å². The zero-order valence-electron chi connectivity index (χ0n) is 11.6. The largest absolute Gasteiger partial charge is 0.464 e. The predicted molar refractivity (Wildman–Crippen MR) is 72.1 cm³/mol. The average Bonchev–Trinajstić information content (AvgIpc) is 2.72. The number of nitrogens with one attached hydrogen (secondary N) is 1. The quantitative estimate of drug-likeness (QED) is 0.828. The van der Waals surface area contributed by atoms with Crippen LogP contribution in [0.4, 0.5) is 0 Å². The first-order chi connectivity index (χ1) is 9.51. The van der Waals surface area contributed by atoms with Crippen LogP contribution >= 0.6 is 0 Å². The van der Waals surface area contributed by atoms with Crippen LogP contribution in [0.1, 0.15) is 42.6 Å². The minimum Gasteiger partial charge on any atom is -0.464 e. The molecule has 1 aliphatic heterocycles. The number of amides is 1. The molecule has 1 heterocycles. The molecule has 0 radical (unpaired) electrons. The number of hydrogen-bond acceptors (Lipinski definition) is 4. The first-order valence-electron chi connectivity index (χ1n) is 6.60. The van der Waals surface area contributed by atoms with E-state index < -0.39 is 11.5 Å². The fraction of sp³-hybridized carbons (Fsp3) is 0.400. The molecule has 20 heavy (non-hydrogen) atoms. The summed E-state index contributed by atoms with van der Waals surface area (Å²) in [7, 11) is 0. The van der Waals surface area contributed by atoms with E-state index in [-0.39, 0.29) is 31.1 Å². The van der Waals surface area contributed by atoms with Crippen molar-refractivity contribution in [1.29, 1.82) is 0 Å². The number of esters is 1. The average molecular weight is 275 g/mol. The highest BCUT2D eigenvalue weighted by Crippen LogP contribution is 2.36. The third-order valence-electron chi connectivity index (χ3n) is 3.43. The summed E-state index contributed by atoms with van der Waals surface area (Å²) in [5.74, 6) is -0.857. The van der Waals surface area contributed by atoms with Gasteiger partial charge in [-0.05, 0) is 26.3 Å². The van der Waals surface area contributed by atoms with E-state index in [1.165, 1.54) is 6.92 Å². The molecule has 106 valence electrons. The Hall–Kier alpha value is -2.17. The summed E-state index contributed by atoms with van der Waals surface area (Å²) in [6.45, 7) is 3.39. The molecule has 0 fully saturated rings. The van der Waals surface area contributed by atoms with Crippen molar-refractivity contribution in [3.05, 3.63) is 35.4 Å². The zero-order valence-corrected chi connectivity index (χ0v) is 11.6. The van der Waals surface area contributed by atoms with E-state index >= 15 is 0 Å². The van der Waals surface area contributed by atoms with Gasteiger partial charge in [-0.25, -0.2) is 4.79 Å². The van der Waals surface area contributed by atoms with Gasteiger partial charge in [0.25, 0.3) is 5.91 Å². The normalized spacial score (nSPS) is 20.2. The monoisotopic (exact) mass is 275 g/mol. The fourth-order valence-electron chi connectivity index (χ4n) is 2.46. The Morgan fingerprint density at radius 1 is 1.30 bits per heavy atom. The molecular weight excluding hydrogens is 258 g/mol. The zero-order chi connectivity index (χ0) is 14.8. The van der Waals surface area contributed by atoms with Crippen LogP contribution in [0.25, 0.3) is 0 Å². The Morgan fingerprint density at radius 3 is 2.65 bits per heavy atom. The molecule has 5 heteroatoms. The molecule has 5 nitrogen and oxygen atoms in total. The molecule has 1 aromatic rings.